The molecule has 1 nitrogen and oxygen atoms in total. The van der Waals surface area contributed by atoms with E-state index in [2.05, 4.69) is 37.0 Å². The standard InChI is InChI=1S/C10H15N/c1-9-5-3-4-6-10(9,2)11-7-8-11/h3-5H,6-8H2,1-2H3. The summed E-state index contributed by atoms with van der Waals surface area (Å²) in [6.45, 7) is 7.15. The van der Waals surface area contributed by atoms with Gasteiger partial charge >= 0.3 is 0 Å². The Kier molecular flexibility index (Phi) is 1.43. The first-order valence-corrected chi connectivity index (χ1v) is 4.32. The van der Waals surface area contributed by atoms with Crippen LogP contribution in [0.2, 0.25) is 0 Å². The summed E-state index contributed by atoms with van der Waals surface area (Å²) in [5.41, 5.74) is 1.87. The number of hydrogen-bond acceptors (Lipinski definition) is 1. The Labute approximate surface area is 68.4 Å². The molecular weight excluding hydrogens is 134 g/mol. The molecule has 1 heterocycles. The van der Waals surface area contributed by atoms with Gasteiger partial charge in [-0.1, -0.05) is 23.8 Å². The minimum absolute atomic E-state index is 0.356. The van der Waals surface area contributed by atoms with E-state index in [9.17, 15) is 0 Å². The molecule has 1 saturated heterocycles. The number of hydrogen-bond donors (Lipinski definition) is 0. The summed E-state index contributed by atoms with van der Waals surface area (Å²) < 4.78 is 0. The molecule has 0 spiro atoms. The van der Waals surface area contributed by atoms with Crippen molar-refractivity contribution >= 4 is 0 Å². The van der Waals surface area contributed by atoms with Gasteiger partial charge in [0.05, 0.1) is 0 Å². The Bertz CT molecular complexity index is 223. The van der Waals surface area contributed by atoms with Crippen molar-refractivity contribution < 1.29 is 0 Å². The van der Waals surface area contributed by atoms with Crippen LogP contribution in [0.25, 0.3) is 0 Å². The highest BCUT2D eigenvalue weighted by Gasteiger charge is 2.39. The second-order valence-corrected chi connectivity index (χ2v) is 3.74. The van der Waals surface area contributed by atoms with Crippen LogP contribution in [-0.2, 0) is 0 Å². The third-order valence-corrected chi connectivity index (χ3v) is 2.99. The van der Waals surface area contributed by atoms with E-state index in [0.29, 0.717) is 5.54 Å². The third kappa shape index (κ3) is 1.04. The highest BCUT2D eigenvalue weighted by Crippen LogP contribution is 2.35. The first-order valence-electron chi connectivity index (χ1n) is 4.32. The normalized spacial score (nSPS) is 37.1. The van der Waals surface area contributed by atoms with Gasteiger partial charge in [0.15, 0.2) is 0 Å². The fourth-order valence-corrected chi connectivity index (χ4v) is 1.77. The maximum absolute atomic E-state index is 2.53. The van der Waals surface area contributed by atoms with E-state index >= 15 is 0 Å². The summed E-state index contributed by atoms with van der Waals surface area (Å²) >= 11 is 0. The van der Waals surface area contributed by atoms with Crippen molar-refractivity contribution in [3.05, 3.63) is 23.8 Å². The summed E-state index contributed by atoms with van der Waals surface area (Å²) in [6, 6.07) is 0. The van der Waals surface area contributed by atoms with Crippen LogP contribution in [0.5, 0.6) is 0 Å². The molecule has 2 rings (SSSR count). The Morgan fingerprint density at radius 3 is 2.73 bits per heavy atom. The van der Waals surface area contributed by atoms with Gasteiger partial charge in [-0.25, -0.2) is 0 Å². The van der Waals surface area contributed by atoms with Crippen LogP contribution in [0, 0.1) is 0 Å². The van der Waals surface area contributed by atoms with Crippen LogP contribution in [-0.4, -0.2) is 23.5 Å². The van der Waals surface area contributed by atoms with Crippen LogP contribution >= 0.6 is 0 Å². The van der Waals surface area contributed by atoms with Gasteiger partial charge in [-0.2, -0.15) is 0 Å². The number of rotatable bonds is 1. The zero-order valence-electron chi connectivity index (χ0n) is 7.30. The second kappa shape index (κ2) is 2.21. The lowest BCUT2D eigenvalue weighted by molar-refractivity contribution is 0.304. The maximum Gasteiger partial charge on any atom is 0.0428 e. The fourth-order valence-electron chi connectivity index (χ4n) is 1.77. The molecular formula is C10H15N. The van der Waals surface area contributed by atoms with E-state index in [4.69, 9.17) is 0 Å². The molecule has 0 bridgehead atoms. The second-order valence-electron chi connectivity index (χ2n) is 3.74. The van der Waals surface area contributed by atoms with Gasteiger partial charge in [-0.3, -0.25) is 4.90 Å². The average molecular weight is 149 g/mol. The summed E-state index contributed by atoms with van der Waals surface area (Å²) in [5, 5.41) is 0. The van der Waals surface area contributed by atoms with Gasteiger partial charge in [0.25, 0.3) is 0 Å². The molecule has 0 radical (unpaired) electrons. The predicted octanol–water partition coefficient (Wildman–Crippen LogP) is 1.97. The lowest BCUT2D eigenvalue weighted by Crippen LogP contribution is -2.36. The van der Waals surface area contributed by atoms with E-state index in [1.165, 1.54) is 25.1 Å². The zero-order chi connectivity index (χ0) is 7.90. The Balaban J connectivity index is 2.24. The lowest BCUT2D eigenvalue weighted by atomic mass is 9.86. The molecule has 0 amide bonds. The molecule has 0 N–H and O–H groups in total. The average Bonchev–Trinajstić information content (AvgIpc) is 2.77. The lowest BCUT2D eigenvalue weighted by Gasteiger charge is -2.33. The molecule has 0 aromatic rings. The summed E-state index contributed by atoms with van der Waals surface area (Å²) in [4.78, 5) is 2.53. The van der Waals surface area contributed by atoms with Crippen molar-refractivity contribution in [2.24, 2.45) is 0 Å². The van der Waals surface area contributed by atoms with Crippen molar-refractivity contribution in [1.29, 1.82) is 0 Å². The SMILES string of the molecule is CC1=CC=CCC1(C)N1CC1. The molecule has 1 unspecified atom stereocenters. The number of allylic oxidation sites excluding steroid dienone is 2. The van der Waals surface area contributed by atoms with Crippen molar-refractivity contribution in [1.82, 2.24) is 4.90 Å². The van der Waals surface area contributed by atoms with E-state index in [-0.39, 0.29) is 0 Å². The minimum atomic E-state index is 0.356. The molecule has 0 saturated carbocycles. The monoisotopic (exact) mass is 149 g/mol. The zero-order valence-corrected chi connectivity index (χ0v) is 7.30. The smallest absolute Gasteiger partial charge is 0.0428 e. The van der Waals surface area contributed by atoms with E-state index < -0.39 is 0 Å². The topological polar surface area (TPSA) is 3.01 Å². The van der Waals surface area contributed by atoms with Gasteiger partial charge in [0.1, 0.15) is 0 Å². The fraction of sp³-hybridized carbons (Fsp3) is 0.600. The Hall–Kier alpha value is -0.560. The molecule has 1 fully saturated rings. The van der Waals surface area contributed by atoms with Crippen LogP contribution in [0.15, 0.2) is 23.8 Å². The highest BCUT2D eigenvalue weighted by molar-refractivity contribution is 5.29. The van der Waals surface area contributed by atoms with Gasteiger partial charge in [0, 0.05) is 18.6 Å². The third-order valence-electron chi connectivity index (χ3n) is 2.99. The van der Waals surface area contributed by atoms with Gasteiger partial charge in [0.2, 0.25) is 0 Å². The summed E-state index contributed by atoms with van der Waals surface area (Å²) in [7, 11) is 0. The molecule has 1 heteroatoms. The molecule has 11 heavy (non-hydrogen) atoms. The molecule has 0 aromatic heterocycles. The van der Waals surface area contributed by atoms with Crippen molar-refractivity contribution in [2.75, 3.05) is 13.1 Å². The Morgan fingerprint density at radius 1 is 1.45 bits per heavy atom. The minimum Gasteiger partial charge on any atom is -0.291 e. The maximum atomic E-state index is 2.53. The first kappa shape index (κ1) is 7.11. The van der Waals surface area contributed by atoms with Crippen LogP contribution in [0.1, 0.15) is 20.3 Å². The largest absolute Gasteiger partial charge is 0.291 e. The van der Waals surface area contributed by atoms with E-state index in [1.807, 2.05) is 0 Å². The van der Waals surface area contributed by atoms with Crippen LogP contribution in [0.4, 0.5) is 0 Å². The van der Waals surface area contributed by atoms with Crippen molar-refractivity contribution in [2.45, 2.75) is 25.8 Å². The summed E-state index contributed by atoms with van der Waals surface area (Å²) in [5.74, 6) is 0. The van der Waals surface area contributed by atoms with Gasteiger partial charge in [-0.15, -0.1) is 0 Å². The molecule has 1 aliphatic carbocycles. The highest BCUT2D eigenvalue weighted by atomic mass is 15.3. The Morgan fingerprint density at radius 2 is 2.18 bits per heavy atom. The van der Waals surface area contributed by atoms with Crippen LogP contribution < -0.4 is 0 Å². The number of nitrogens with zero attached hydrogens (tertiary/aromatic N) is 1. The molecule has 1 aliphatic heterocycles. The molecule has 1 atom stereocenters. The van der Waals surface area contributed by atoms with Crippen molar-refractivity contribution in [3.63, 3.8) is 0 Å². The summed E-state index contributed by atoms with van der Waals surface area (Å²) in [6.07, 6.45) is 7.86. The van der Waals surface area contributed by atoms with E-state index in [0.717, 1.165) is 0 Å². The van der Waals surface area contributed by atoms with Gasteiger partial charge in [-0.05, 0) is 20.3 Å². The molecule has 2 aliphatic rings. The molecule has 0 aromatic carbocycles. The van der Waals surface area contributed by atoms with E-state index in [1.54, 1.807) is 0 Å². The van der Waals surface area contributed by atoms with Crippen LogP contribution in [0.3, 0.4) is 0 Å². The quantitative estimate of drug-likeness (QED) is 0.515. The first-order chi connectivity index (χ1) is 5.23. The van der Waals surface area contributed by atoms with Gasteiger partial charge < -0.3 is 0 Å². The predicted molar refractivity (Wildman–Crippen MR) is 47.5 cm³/mol. The molecule has 60 valence electrons. The van der Waals surface area contributed by atoms with Crippen molar-refractivity contribution in [3.8, 4) is 0 Å².